The van der Waals surface area contributed by atoms with Crippen molar-refractivity contribution >= 4 is 11.7 Å². The molecule has 1 aliphatic heterocycles. The minimum atomic E-state index is -0.294. The van der Waals surface area contributed by atoms with Crippen LogP contribution in [0.5, 0.6) is 11.5 Å². The topological polar surface area (TPSA) is 89.8 Å². The average molecular weight is 404 g/mol. The van der Waals surface area contributed by atoms with E-state index in [1.165, 1.54) is 0 Å². The predicted octanol–water partition coefficient (Wildman–Crippen LogP) is 2.76. The number of hydrogen-bond donors (Lipinski definition) is 2. The third-order valence-electron chi connectivity index (χ3n) is 5.49. The molecule has 4 rings (SSSR count). The van der Waals surface area contributed by atoms with Crippen LogP contribution in [0.25, 0.3) is 0 Å². The van der Waals surface area contributed by atoms with Crippen molar-refractivity contribution in [2.75, 3.05) is 31.1 Å². The number of aromatic nitrogens is 2. The molecule has 0 bridgehead atoms. The lowest BCUT2D eigenvalue weighted by molar-refractivity contribution is -0.131. The maximum Gasteiger partial charge on any atom is 0.223 e. The van der Waals surface area contributed by atoms with E-state index in [2.05, 4.69) is 14.9 Å². The molecule has 154 valence electrons. The van der Waals surface area contributed by atoms with E-state index in [9.17, 15) is 15.0 Å². The Morgan fingerprint density at radius 2 is 1.70 bits per heavy atom. The summed E-state index contributed by atoms with van der Waals surface area (Å²) in [5, 5.41) is 20.0. The van der Waals surface area contributed by atoms with Gasteiger partial charge in [0.2, 0.25) is 5.91 Å². The van der Waals surface area contributed by atoms with Crippen molar-refractivity contribution in [3.63, 3.8) is 0 Å². The molecule has 0 aliphatic carbocycles. The van der Waals surface area contributed by atoms with Gasteiger partial charge >= 0.3 is 0 Å². The molecular weight excluding hydrogens is 380 g/mol. The quantitative estimate of drug-likeness (QED) is 0.680. The van der Waals surface area contributed by atoms with Crippen molar-refractivity contribution in [2.24, 2.45) is 0 Å². The first kappa shape index (κ1) is 19.7. The van der Waals surface area contributed by atoms with Gasteiger partial charge in [-0.3, -0.25) is 9.78 Å². The second-order valence-corrected chi connectivity index (χ2v) is 7.34. The molecule has 1 saturated heterocycles. The minimum absolute atomic E-state index is 0.0372. The highest BCUT2D eigenvalue weighted by molar-refractivity contribution is 5.78. The molecule has 0 unspecified atom stereocenters. The Morgan fingerprint density at radius 3 is 2.37 bits per heavy atom. The van der Waals surface area contributed by atoms with E-state index in [0.29, 0.717) is 31.7 Å². The van der Waals surface area contributed by atoms with Crippen molar-refractivity contribution in [2.45, 2.75) is 12.3 Å². The number of piperazine rings is 1. The summed E-state index contributed by atoms with van der Waals surface area (Å²) in [7, 11) is 0. The molecule has 30 heavy (non-hydrogen) atoms. The highest BCUT2D eigenvalue weighted by atomic mass is 16.3. The lowest BCUT2D eigenvalue weighted by Gasteiger charge is -2.36. The third kappa shape index (κ3) is 4.35. The van der Waals surface area contributed by atoms with E-state index >= 15 is 0 Å². The summed E-state index contributed by atoms with van der Waals surface area (Å²) in [6.45, 7) is 2.62. The summed E-state index contributed by atoms with van der Waals surface area (Å²) in [5.41, 5.74) is 1.58. The molecule has 2 aromatic carbocycles. The van der Waals surface area contributed by atoms with Crippen LogP contribution in [0.4, 0.5) is 5.82 Å². The molecule has 1 fully saturated rings. The number of rotatable bonds is 5. The van der Waals surface area contributed by atoms with Gasteiger partial charge < -0.3 is 20.0 Å². The molecule has 3 aromatic rings. The van der Waals surface area contributed by atoms with E-state index in [0.717, 1.165) is 11.4 Å². The van der Waals surface area contributed by atoms with E-state index in [-0.39, 0.29) is 29.7 Å². The molecule has 1 amide bonds. The standard InChI is InChI=1S/C23H24N4O3/c28-18-7-5-17(6-8-18)20(19-3-1-2-4-21(19)29)15-23(30)27-13-11-26(12-14-27)22-16-24-9-10-25-22/h1-10,16,20,28-29H,11-15H2/t20-/m0/s1. The lowest BCUT2D eigenvalue weighted by Crippen LogP contribution is -2.49. The number of phenolic OH excluding ortho intramolecular Hbond substituents is 2. The van der Waals surface area contributed by atoms with Gasteiger partial charge in [-0.25, -0.2) is 4.98 Å². The predicted molar refractivity (Wildman–Crippen MR) is 113 cm³/mol. The van der Waals surface area contributed by atoms with Gasteiger partial charge in [0.1, 0.15) is 17.3 Å². The van der Waals surface area contributed by atoms with Crippen molar-refractivity contribution in [1.29, 1.82) is 0 Å². The molecule has 1 atom stereocenters. The molecule has 1 aliphatic rings. The minimum Gasteiger partial charge on any atom is -0.508 e. The van der Waals surface area contributed by atoms with Crippen LogP contribution in [0.3, 0.4) is 0 Å². The number of anilines is 1. The van der Waals surface area contributed by atoms with Gasteiger partial charge in [-0.1, -0.05) is 30.3 Å². The fourth-order valence-corrected chi connectivity index (χ4v) is 3.84. The molecule has 2 N–H and O–H groups in total. The maximum atomic E-state index is 13.1. The molecule has 1 aromatic heterocycles. The summed E-state index contributed by atoms with van der Waals surface area (Å²) in [6, 6.07) is 13.9. The number of amides is 1. The smallest absolute Gasteiger partial charge is 0.223 e. The fraction of sp³-hybridized carbons (Fsp3) is 0.261. The fourth-order valence-electron chi connectivity index (χ4n) is 3.84. The monoisotopic (exact) mass is 404 g/mol. The molecule has 2 heterocycles. The first-order chi connectivity index (χ1) is 14.6. The second kappa shape index (κ2) is 8.82. The Hall–Kier alpha value is -3.61. The Morgan fingerprint density at radius 1 is 0.967 bits per heavy atom. The van der Waals surface area contributed by atoms with Gasteiger partial charge in [-0.2, -0.15) is 0 Å². The van der Waals surface area contributed by atoms with Crippen molar-refractivity contribution in [1.82, 2.24) is 14.9 Å². The van der Waals surface area contributed by atoms with Crippen molar-refractivity contribution in [3.8, 4) is 11.5 Å². The molecular formula is C23H24N4O3. The zero-order valence-electron chi connectivity index (χ0n) is 16.6. The second-order valence-electron chi connectivity index (χ2n) is 7.34. The zero-order chi connectivity index (χ0) is 20.9. The Labute approximate surface area is 175 Å². The van der Waals surface area contributed by atoms with Crippen LogP contribution in [0.15, 0.2) is 67.1 Å². The Kier molecular flexibility index (Phi) is 5.79. The summed E-state index contributed by atoms with van der Waals surface area (Å²) < 4.78 is 0. The van der Waals surface area contributed by atoms with E-state index in [1.807, 2.05) is 17.0 Å². The largest absolute Gasteiger partial charge is 0.508 e. The highest BCUT2D eigenvalue weighted by Crippen LogP contribution is 2.35. The summed E-state index contributed by atoms with van der Waals surface area (Å²) in [5.74, 6) is 0.894. The van der Waals surface area contributed by atoms with Gasteiger partial charge in [0, 0.05) is 56.5 Å². The summed E-state index contributed by atoms with van der Waals surface area (Å²) in [4.78, 5) is 25.5. The highest BCUT2D eigenvalue weighted by Gasteiger charge is 2.27. The lowest BCUT2D eigenvalue weighted by atomic mass is 9.87. The molecule has 0 radical (unpaired) electrons. The average Bonchev–Trinajstić information content (AvgIpc) is 2.79. The van der Waals surface area contributed by atoms with Crippen LogP contribution in [-0.2, 0) is 4.79 Å². The number of para-hydroxylation sites is 1. The summed E-state index contributed by atoms with van der Waals surface area (Å²) >= 11 is 0. The van der Waals surface area contributed by atoms with Crippen LogP contribution in [0.2, 0.25) is 0 Å². The van der Waals surface area contributed by atoms with Crippen LogP contribution >= 0.6 is 0 Å². The van der Waals surface area contributed by atoms with E-state index < -0.39 is 0 Å². The maximum absolute atomic E-state index is 13.1. The van der Waals surface area contributed by atoms with Gasteiger partial charge in [-0.05, 0) is 23.8 Å². The number of phenols is 2. The SMILES string of the molecule is O=C(C[C@@H](c1ccc(O)cc1)c1ccccc1O)N1CCN(c2cnccn2)CC1. The summed E-state index contributed by atoms with van der Waals surface area (Å²) in [6.07, 6.45) is 5.29. The van der Waals surface area contributed by atoms with Gasteiger partial charge in [0.15, 0.2) is 0 Å². The first-order valence-electron chi connectivity index (χ1n) is 9.97. The van der Waals surface area contributed by atoms with Crippen LogP contribution in [0.1, 0.15) is 23.5 Å². The van der Waals surface area contributed by atoms with Gasteiger partial charge in [-0.15, -0.1) is 0 Å². The van der Waals surface area contributed by atoms with Crippen LogP contribution < -0.4 is 4.90 Å². The number of benzene rings is 2. The number of nitrogens with zero attached hydrogens (tertiary/aromatic N) is 4. The molecule has 0 saturated carbocycles. The number of hydrogen-bond acceptors (Lipinski definition) is 6. The molecule has 7 heteroatoms. The number of carbonyl (C=O) groups is 1. The normalized spacial score (nSPS) is 15.1. The van der Waals surface area contributed by atoms with Crippen LogP contribution in [-0.4, -0.2) is 57.2 Å². The first-order valence-corrected chi connectivity index (χ1v) is 9.97. The molecule has 0 spiro atoms. The van der Waals surface area contributed by atoms with E-state index in [1.54, 1.807) is 55.0 Å². The van der Waals surface area contributed by atoms with Crippen LogP contribution in [0, 0.1) is 0 Å². The number of carbonyl (C=O) groups excluding carboxylic acids is 1. The Balaban J connectivity index is 1.48. The van der Waals surface area contributed by atoms with Crippen molar-refractivity contribution in [3.05, 3.63) is 78.2 Å². The Bertz CT molecular complexity index is 987. The van der Waals surface area contributed by atoms with Gasteiger partial charge in [0.05, 0.1) is 6.20 Å². The third-order valence-corrected chi connectivity index (χ3v) is 5.49. The molecule has 7 nitrogen and oxygen atoms in total. The van der Waals surface area contributed by atoms with E-state index in [4.69, 9.17) is 0 Å². The number of aromatic hydroxyl groups is 2. The van der Waals surface area contributed by atoms with Gasteiger partial charge in [0.25, 0.3) is 0 Å². The zero-order valence-corrected chi connectivity index (χ0v) is 16.6. The van der Waals surface area contributed by atoms with Crippen molar-refractivity contribution < 1.29 is 15.0 Å².